The predicted molar refractivity (Wildman–Crippen MR) is 67.2 cm³/mol. The molecule has 17 heavy (non-hydrogen) atoms. The number of nitro groups is 1. The Morgan fingerprint density at radius 3 is 3.00 bits per heavy atom. The minimum Gasteiger partial charge on any atom is -0.314 e. The van der Waals surface area contributed by atoms with Crippen LogP contribution in [-0.4, -0.2) is 17.5 Å². The van der Waals surface area contributed by atoms with E-state index in [2.05, 4.69) is 5.32 Å². The van der Waals surface area contributed by atoms with Crippen LogP contribution in [0.1, 0.15) is 30.4 Å². The molecule has 4 nitrogen and oxygen atoms in total. The Kier molecular flexibility index (Phi) is 3.74. The van der Waals surface area contributed by atoms with Crippen molar-refractivity contribution >= 4 is 5.69 Å². The number of nitrogens with zero attached hydrogens (tertiary/aromatic N) is 1. The molecule has 1 aliphatic heterocycles. The SMILES string of the molecule is Cc1ccc(CCC2CCCN2)cc1[N+](=O)[O-]. The van der Waals surface area contributed by atoms with Crippen LogP contribution in [0.3, 0.4) is 0 Å². The molecule has 92 valence electrons. The minimum absolute atomic E-state index is 0.238. The zero-order valence-electron chi connectivity index (χ0n) is 10.1. The van der Waals surface area contributed by atoms with Crippen molar-refractivity contribution in [3.8, 4) is 0 Å². The molecule has 1 heterocycles. The topological polar surface area (TPSA) is 55.2 Å². The summed E-state index contributed by atoms with van der Waals surface area (Å²) in [5.74, 6) is 0. The lowest BCUT2D eigenvalue weighted by Gasteiger charge is -2.09. The molecular formula is C13H18N2O2. The van der Waals surface area contributed by atoms with Crippen molar-refractivity contribution in [3.63, 3.8) is 0 Å². The number of hydrogen-bond acceptors (Lipinski definition) is 3. The van der Waals surface area contributed by atoms with Gasteiger partial charge in [0, 0.05) is 17.7 Å². The van der Waals surface area contributed by atoms with E-state index in [-0.39, 0.29) is 10.6 Å². The van der Waals surface area contributed by atoms with Crippen LogP contribution in [0, 0.1) is 17.0 Å². The van der Waals surface area contributed by atoms with Gasteiger partial charge in [0.05, 0.1) is 4.92 Å². The molecule has 0 aliphatic carbocycles. The average molecular weight is 234 g/mol. The monoisotopic (exact) mass is 234 g/mol. The van der Waals surface area contributed by atoms with E-state index in [0.29, 0.717) is 6.04 Å². The Hall–Kier alpha value is -1.42. The van der Waals surface area contributed by atoms with Gasteiger partial charge in [-0.05, 0) is 44.7 Å². The van der Waals surface area contributed by atoms with Gasteiger partial charge < -0.3 is 5.32 Å². The van der Waals surface area contributed by atoms with Crippen LogP contribution < -0.4 is 5.32 Å². The first-order valence-corrected chi connectivity index (χ1v) is 6.14. The van der Waals surface area contributed by atoms with Gasteiger partial charge in [-0.1, -0.05) is 12.1 Å². The summed E-state index contributed by atoms with van der Waals surface area (Å²) >= 11 is 0. The Balaban J connectivity index is 2.00. The maximum atomic E-state index is 10.8. The van der Waals surface area contributed by atoms with Crippen LogP contribution in [0.25, 0.3) is 0 Å². The van der Waals surface area contributed by atoms with Gasteiger partial charge in [0.2, 0.25) is 0 Å². The quantitative estimate of drug-likeness (QED) is 0.643. The van der Waals surface area contributed by atoms with Crippen LogP contribution >= 0.6 is 0 Å². The summed E-state index contributed by atoms with van der Waals surface area (Å²) in [6, 6.07) is 6.15. The molecule has 1 unspecified atom stereocenters. The maximum absolute atomic E-state index is 10.8. The van der Waals surface area contributed by atoms with Gasteiger partial charge in [-0.2, -0.15) is 0 Å². The summed E-state index contributed by atoms with van der Waals surface area (Å²) in [6.07, 6.45) is 4.46. The largest absolute Gasteiger partial charge is 0.314 e. The standard InChI is InChI=1S/C13H18N2O2/c1-10-4-5-11(9-13(10)15(16)17)6-7-12-3-2-8-14-12/h4-5,9,12,14H,2-3,6-8H2,1H3. The van der Waals surface area contributed by atoms with Gasteiger partial charge in [-0.15, -0.1) is 0 Å². The smallest absolute Gasteiger partial charge is 0.272 e. The molecular weight excluding hydrogens is 216 g/mol. The number of rotatable bonds is 4. The van der Waals surface area contributed by atoms with Crippen molar-refractivity contribution in [1.29, 1.82) is 0 Å². The number of benzene rings is 1. The molecule has 0 spiro atoms. The highest BCUT2D eigenvalue weighted by atomic mass is 16.6. The molecule has 1 N–H and O–H groups in total. The molecule has 1 fully saturated rings. The number of nitrogens with one attached hydrogen (secondary N) is 1. The molecule has 1 aromatic carbocycles. The van der Waals surface area contributed by atoms with E-state index < -0.39 is 0 Å². The third kappa shape index (κ3) is 3.03. The normalized spacial score (nSPS) is 19.5. The zero-order valence-corrected chi connectivity index (χ0v) is 10.1. The highest BCUT2D eigenvalue weighted by Crippen LogP contribution is 2.21. The van der Waals surface area contributed by atoms with Gasteiger partial charge in [-0.25, -0.2) is 0 Å². The summed E-state index contributed by atoms with van der Waals surface area (Å²) in [7, 11) is 0. The summed E-state index contributed by atoms with van der Waals surface area (Å²) < 4.78 is 0. The summed E-state index contributed by atoms with van der Waals surface area (Å²) in [6.45, 7) is 2.89. The lowest BCUT2D eigenvalue weighted by molar-refractivity contribution is -0.385. The second-order valence-corrected chi connectivity index (χ2v) is 4.71. The van der Waals surface area contributed by atoms with E-state index in [4.69, 9.17) is 0 Å². The second-order valence-electron chi connectivity index (χ2n) is 4.71. The van der Waals surface area contributed by atoms with Gasteiger partial charge in [0.1, 0.15) is 0 Å². The summed E-state index contributed by atoms with van der Waals surface area (Å²) in [5, 5.41) is 14.3. The summed E-state index contributed by atoms with van der Waals surface area (Å²) in [4.78, 5) is 10.5. The molecule has 4 heteroatoms. The van der Waals surface area contributed by atoms with Crippen molar-refractivity contribution in [2.24, 2.45) is 0 Å². The van der Waals surface area contributed by atoms with Crippen molar-refractivity contribution in [2.45, 2.75) is 38.6 Å². The highest BCUT2D eigenvalue weighted by molar-refractivity contribution is 5.42. The third-order valence-electron chi connectivity index (χ3n) is 3.41. The van der Waals surface area contributed by atoms with Crippen molar-refractivity contribution in [3.05, 3.63) is 39.4 Å². The summed E-state index contributed by atoms with van der Waals surface area (Å²) in [5.41, 5.74) is 2.04. The molecule has 0 aromatic heterocycles. The average Bonchev–Trinajstić information content (AvgIpc) is 2.80. The number of nitro benzene ring substituents is 1. The van der Waals surface area contributed by atoms with E-state index in [0.717, 1.165) is 30.5 Å². The molecule has 0 saturated carbocycles. The van der Waals surface area contributed by atoms with E-state index >= 15 is 0 Å². The van der Waals surface area contributed by atoms with Crippen molar-refractivity contribution in [2.75, 3.05) is 6.54 Å². The highest BCUT2D eigenvalue weighted by Gasteiger charge is 2.15. The van der Waals surface area contributed by atoms with E-state index in [1.54, 1.807) is 13.0 Å². The molecule has 0 radical (unpaired) electrons. The molecule has 0 bridgehead atoms. The Morgan fingerprint density at radius 1 is 1.53 bits per heavy atom. The fourth-order valence-electron chi connectivity index (χ4n) is 2.35. The van der Waals surface area contributed by atoms with E-state index in [1.807, 2.05) is 12.1 Å². The van der Waals surface area contributed by atoms with Crippen LogP contribution in [0.4, 0.5) is 5.69 Å². The number of hydrogen-bond donors (Lipinski definition) is 1. The van der Waals surface area contributed by atoms with Gasteiger partial charge in [0.25, 0.3) is 5.69 Å². The molecule has 1 aliphatic rings. The molecule has 2 rings (SSSR count). The Bertz CT molecular complexity index is 412. The Labute approximate surface area is 101 Å². The van der Waals surface area contributed by atoms with Crippen molar-refractivity contribution in [1.82, 2.24) is 5.32 Å². The third-order valence-corrected chi connectivity index (χ3v) is 3.41. The molecule has 0 amide bonds. The fraction of sp³-hybridized carbons (Fsp3) is 0.538. The van der Waals surface area contributed by atoms with Gasteiger partial charge >= 0.3 is 0 Å². The zero-order chi connectivity index (χ0) is 12.3. The van der Waals surface area contributed by atoms with Crippen LogP contribution in [-0.2, 0) is 6.42 Å². The Morgan fingerprint density at radius 2 is 2.35 bits per heavy atom. The lowest BCUT2D eigenvalue weighted by atomic mass is 10.0. The number of aryl methyl sites for hydroxylation is 2. The molecule has 1 aromatic rings. The lowest BCUT2D eigenvalue weighted by Crippen LogP contribution is -2.21. The van der Waals surface area contributed by atoms with E-state index in [1.165, 1.54) is 12.8 Å². The van der Waals surface area contributed by atoms with E-state index in [9.17, 15) is 10.1 Å². The first-order valence-electron chi connectivity index (χ1n) is 6.14. The first kappa shape index (κ1) is 12.0. The second kappa shape index (κ2) is 5.27. The maximum Gasteiger partial charge on any atom is 0.272 e. The first-order chi connectivity index (χ1) is 8.16. The minimum atomic E-state index is -0.299. The van der Waals surface area contributed by atoms with Crippen LogP contribution in [0.5, 0.6) is 0 Å². The fourth-order valence-corrected chi connectivity index (χ4v) is 2.35. The van der Waals surface area contributed by atoms with Crippen molar-refractivity contribution < 1.29 is 4.92 Å². The van der Waals surface area contributed by atoms with Gasteiger partial charge in [0.15, 0.2) is 0 Å². The predicted octanol–water partition coefficient (Wildman–Crippen LogP) is 2.59. The molecule has 1 atom stereocenters. The van der Waals surface area contributed by atoms with Crippen LogP contribution in [0.2, 0.25) is 0 Å². The van der Waals surface area contributed by atoms with Gasteiger partial charge in [-0.3, -0.25) is 10.1 Å². The van der Waals surface area contributed by atoms with Crippen LogP contribution in [0.15, 0.2) is 18.2 Å². The molecule has 1 saturated heterocycles.